The Kier molecular flexibility index (Phi) is 4.47. The first kappa shape index (κ1) is 13.5. The van der Waals surface area contributed by atoms with Crippen molar-refractivity contribution in [3.63, 3.8) is 0 Å². The molecule has 1 aromatic heterocycles. The lowest BCUT2D eigenvalue weighted by molar-refractivity contribution is 0.402. The SMILES string of the molecule is CC(Nc1ccc(CN(C)C)cc1)c1cnccn1. The van der Waals surface area contributed by atoms with Crippen LogP contribution >= 0.6 is 0 Å². The van der Waals surface area contributed by atoms with Gasteiger partial charge in [0.05, 0.1) is 17.9 Å². The molecule has 19 heavy (non-hydrogen) atoms. The van der Waals surface area contributed by atoms with Crippen LogP contribution in [0.15, 0.2) is 42.9 Å². The number of hydrogen-bond acceptors (Lipinski definition) is 4. The monoisotopic (exact) mass is 256 g/mol. The van der Waals surface area contributed by atoms with Gasteiger partial charge in [-0.15, -0.1) is 0 Å². The minimum absolute atomic E-state index is 0.147. The molecule has 0 amide bonds. The summed E-state index contributed by atoms with van der Waals surface area (Å²) < 4.78 is 0. The average molecular weight is 256 g/mol. The third kappa shape index (κ3) is 4.03. The smallest absolute Gasteiger partial charge is 0.0806 e. The van der Waals surface area contributed by atoms with Gasteiger partial charge in [-0.1, -0.05) is 12.1 Å². The fourth-order valence-electron chi connectivity index (χ4n) is 1.93. The van der Waals surface area contributed by atoms with Crippen molar-refractivity contribution in [3.8, 4) is 0 Å². The van der Waals surface area contributed by atoms with Crippen molar-refractivity contribution in [2.45, 2.75) is 19.5 Å². The van der Waals surface area contributed by atoms with Crippen LogP contribution in [-0.4, -0.2) is 29.0 Å². The van der Waals surface area contributed by atoms with Crippen molar-refractivity contribution >= 4 is 5.69 Å². The van der Waals surface area contributed by atoms with Gasteiger partial charge in [0, 0.05) is 24.6 Å². The van der Waals surface area contributed by atoms with Crippen LogP contribution in [0.4, 0.5) is 5.69 Å². The zero-order valence-electron chi connectivity index (χ0n) is 11.7. The second kappa shape index (κ2) is 6.29. The van der Waals surface area contributed by atoms with E-state index in [0.29, 0.717) is 0 Å². The highest BCUT2D eigenvalue weighted by Crippen LogP contribution is 2.17. The first-order chi connectivity index (χ1) is 9.15. The molecule has 2 aromatic rings. The number of benzene rings is 1. The Hall–Kier alpha value is -1.94. The molecule has 2 rings (SSSR count). The molecule has 0 aliphatic carbocycles. The first-order valence-corrected chi connectivity index (χ1v) is 6.41. The minimum Gasteiger partial charge on any atom is -0.377 e. The Bertz CT molecular complexity index is 493. The first-order valence-electron chi connectivity index (χ1n) is 6.41. The maximum Gasteiger partial charge on any atom is 0.0806 e. The predicted octanol–water partition coefficient (Wildman–Crippen LogP) is 2.71. The molecule has 0 aliphatic rings. The van der Waals surface area contributed by atoms with Gasteiger partial charge in [-0.2, -0.15) is 0 Å². The number of aromatic nitrogens is 2. The van der Waals surface area contributed by atoms with Crippen molar-refractivity contribution in [3.05, 3.63) is 54.1 Å². The summed E-state index contributed by atoms with van der Waals surface area (Å²) in [5.74, 6) is 0. The summed E-state index contributed by atoms with van der Waals surface area (Å²) in [5, 5.41) is 3.42. The average Bonchev–Trinajstić information content (AvgIpc) is 2.41. The molecule has 0 spiro atoms. The lowest BCUT2D eigenvalue weighted by atomic mass is 10.1. The third-order valence-corrected chi connectivity index (χ3v) is 2.86. The minimum atomic E-state index is 0.147. The fourth-order valence-corrected chi connectivity index (χ4v) is 1.93. The summed E-state index contributed by atoms with van der Waals surface area (Å²) >= 11 is 0. The van der Waals surface area contributed by atoms with Gasteiger partial charge >= 0.3 is 0 Å². The van der Waals surface area contributed by atoms with Crippen molar-refractivity contribution in [2.24, 2.45) is 0 Å². The van der Waals surface area contributed by atoms with E-state index >= 15 is 0 Å². The van der Waals surface area contributed by atoms with E-state index in [2.05, 4.69) is 65.5 Å². The van der Waals surface area contributed by atoms with E-state index in [9.17, 15) is 0 Å². The van der Waals surface area contributed by atoms with Crippen LogP contribution in [0.1, 0.15) is 24.2 Å². The molecule has 0 fully saturated rings. The summed E-state index contributed by atoms with van der Waals surface area (Å²) in [6.07, 6.45) is 5.19. The Morgan fingerprint density at radius 1 is 1.16 bits per heavy atom. The third-order valence-electron chi connectivity index (χ3n) is 2.86. The molecule has 4 heteroatoms. The molecular weight excluding hydrogens is 236 g/mol. The van der Waals surface area contributed by atoms with E-state index in [4.69, 9.17) is 0 Å². The highest BCUT2D eigenvalue weighted by molar-refractivity contribution is 5.46. The predicted molar refractivity (Wildman–Crippen MR) is 77.9 cm³/mol. The molecule has 1 N–H and O–H groups in total. The number of hydrogen-bond donors (Lipinski definition) is 1. The molecule has 1 aromatic carbocycles. The van der Waals surface area contributed by atoms with Gasteiger partial charge in [-0.05, 0) is 38.7 Å². The van der Waals surface area contributed by atoms with E-state index < -0.39 is 0 Å². The molecular formula is C15H20N4. The Balaban J connectivity index is 1.99. The Morgan fingerprint density at radius 3 is 2.47 bits per heavy atom. The molecule has 0 saturated carbocycles. The van der Waals surface area contributed by atoms with Crippen LogP contribution < -0.4 is 5.32 Å². The van der Waals surface area contributed by atoms with Crippen LogP contribution in [0.2, 0.25) is 0 Å². The lowest BCUT2D eigenvalue weighted by Gasteiger charge is -2.15. The molecule has 0 radical (unpaired) electrons. The molecule has 0 bridgehead atoms. The molecule has 1 heterocycles. The highest BCUT2D eigenvalue weighted by atomic mass is 15.0. The van der Waals surface area contributed by atoms with Crippen molar-refractivity contribution in [1.82, 2.24) is 14.9 Å². The topological polar surface area (TPSA) is 41.0 Å². The van der Waals surface area contributed by atoms with Crippen LogP contribution in [0.5, 0.6) is 0 Å². The second-order valence-electron chi connectivity index (χ2n) is 4.93. The molecule has 100 valence electrons. The molecule has 1 atom stereocenters. The van der Waals surface area contributed by atoms with E-state index in [-0.39, 0.29) is 6.04 Å². The number of nitrogens with one attached hydrogen (secondary N) is 1. The summed E-state index contributed by atoms with van der Waals surface area (Å²) in [7, 11) is 4.14. The van der Waals surface area contributed by atoms with Crippen LogP contribution in [0, 0.1) is 0 Å². The number of nitrogens with zero attached hydrogens (tertiary/aromatic N) is 3. The number of rotatable bonds is 5. The zero-order chi connectivity index (χ0) is 13.7. The van der Waals surface area contributed by atoms with Crippen molar-refractivity contribution in [2.75, 3.05) is 19.4 Å². The molecule has 1 unspecified atom stereocenters. The number of anilines is 1. The second-order valence-corrected chi connectivity index (χ2v) is 4.93. The Morgan fingerprint density at radius 2 is 1.89 bits per heavy atom. The Labute approximate surface area is 114 Å². The van der Waals surface area contributed by atoms with Gasteiger partial charge in [0.25, 0.3) is 0 Å². The van der Waals surface area contributed by atoms with Crippen molar-refractivity contribution in [1.29, 1.82) is 0 Å². The normalized spacial score (nSPS) is 12.4. The van der Waals surface area contributed by atoms with Gasteiger partial charge in [0.15, 0.2) is 0 Å². The maximum absolute atomic E-state index is 4.30. The fraction of sp³-hybridized carbons (Fsp3) is 0.333. The maximum atomic E-state index is 4.30. The van der Waals surface area contributed by atoms with Crippen molar-refractivity contribution < 1.29 is 0 Å². The van der Waals surface area contributed by atoms with Gasteiger partial charge in [0.1, 0.15) is 0 Å². The quantitative estimate of drug-likeness (QED) is 0.893. The summed E-state index contributed by atoms with van der Waals surface area (Å²) in [6, 6.07) is 8.64. The van der Waals surface area contributed by atoms with Crippen LogP contribution in [-0.2, 0) is 6.54 Å². The summed E-state index contributed by atoms with van der Waals surface area (Å²) in [6.45, 7) is 3.04. The van der Waals surface area contributed by atoms with Gasteiger partial charge in [-0.25, -0.2) is 0 Å². The van der Waals surface area contributed by atoms with E-state index in [0.717, 1.165) is 17.9 Å². The highest BCUT2D eigenvalue weighted by Gasteiger charge is 2.06. The molecule has 0 aliphatic heterocycles. The largest absolute Gasteiger partial charge is 0.377 e. The molecule has 4 nitrogen and oxygen atoms in total. The van der Waals surface area contributed by atoms with Crippen LogP contribution in [0.25, 0.3) is 0 Å². The summed E-state index contributed by atoms with van der Waals surface area (Å²) in [4.78, 5) is 10.5. The van der Waals surface area contributed by atoms with Gasteiger partial charge in [0.2, 0.25) is 0 Å². The zero-order valence-corrected chi connectivity index (χ0v) is 11.7. The van der Waals surface area contributed by atoms with Gasteiger partial charge in [-0.3, -0.25) is 9.97 Å². The van der Waals surface area contributed by atoms with Crippen LogP contribution in [0.3, 0.4) is 0 Å². The standard InChI is InChI=1S/C15H20N4/c1-12(15-10-16-8-9-17-15)18-14-6-4-13(5-7-14)11-19(2)3/h4-10,12,18H,11H2,1-3H3. The summed E-state index contributed by atoms with van der Waals surface area (Å²) in [5.41, 5.74) is 3.35. The van der Waals surface area contributed by atoms with E-state index in [1.807, 2.05) is 0 Å². The lowest BCUT2D eigenvalue weighted by Crippen LogP contribution is -2.11. The van der Waals surface area contributed by atoms with E-state index in [1.165, 1.54) is 5.56 Å². The van der Waals surface area contributed by atoms with Gasteiger partial charge < -0.3 is 10.2 Å². The molecule has 0 saturated heterocycles. The van der Waals surface area contributed by atoms with E-state index in [1.54, 1.807) is 18.6 Å².